The maximum Gasteiger partial charge on any atom is 0.125 e. The van der Waals surface area contributed by atoms with Gasteiger partial charge in [0.25, 0.3) is 0 Å². The van der Waals surface area contributed by atoms with Crippen molar-refractivity contribution in [2.75, 3.05) is 6.54 Å². The molecule has 1 atom stereocenters. The van der Waals surface area contributed by atoms with E-state index in [0.29, 0.717) is 6.54 Å². The molecular formula is C12H15FN2S. The molecule has 0 spiro atoms. The first kappa shape index (κ1) is 11.5. The number of fused-ring (bicyclic) bond motifs is 1. The fraction of sp³-hybridized carbons (Fsp3) is 0.417. The molecule has 0 saturated heterocycles. The van der Waals surface area contributed by atoms with Crippen LogP contribution in [0.15, 0.2) is 18.2 Å². The first-order chi connectivity index (χ1) is 7.59. The van der Waals surface area contributed by atoms with Gasteiger partial charge in [-0.2, -0.15) is 0 Å². The minimum Gasteiger partial charge on any atom is -0.330 e. The Hall–Kier alpha value is -1.00. The molecule has 16 heavy (non-hydrogen) atoms. The number of halogens is 1. The summed E-state index contributed by atoms with van der Waals surface area (Å²) in [7, 11) is 0. The first-order valence-corrected chi connectivity index (χ1v) is 6.17. The van der Waals surface area contributed by atoms with Gasteiger partial charge in [-0.25, -0.2) is 9.37 Å². The van der Waals surface area contributed by atoms with Crippen molar-refractivity contribution in [2.45, 2.75) is 25.7 Å². The number of nitrogens with zero attached hydrogens (tertiary/aromatic N) is 1. The van der Waals surface area contributed by atoms with Crippen molar-refractivity contribution < 1.29 is 4.39 Å². The summed E-state index contributed by atoms with van der Waals surface area (Å²) in [6, 6.07) is 4.72. The van der Waals surface area contributed by atoms with E-state index in [2.05, 4.69) is 18.8 Å². The van der Waals surface area contributed by atoms with Crippen molar-refractivity contribution in [1.82, 2.24) is 4.98 Å². The van der Waals surface area contributed by atoms with Gasteiger partial charge < -0.3 is 5.73 Å². The zero-order valence-corrected chi connectivity index (χ0v) is 10.3. The predicted molar refractivity (Wildman–Crippen MR) is 66.3 cm³/mol. The highest BCUT2D eigenvalue weighted by molar-refractivity contribution is 7.18. The second-order valence-electron chi connectivity index (χ2n) is 4.25. The van der Waals surface area contributed by atoms with E-state index >= 15 is 0 Å². The van der Waals surface area contributed by atoms with E-state index < -0.39 is 0 Å². The number of rotatable bonds is 3. The molecule has 4 heteroatoms. The molecule has 86 valence electrons. The van der Waals surface area contributed by atoms with E-state index in [1.807, 2.05) is 0 Å². The van der Waals surface area contributed by atoms with Gasteiger partial charge in [-0.3, -0.25) is 0 Å². The Bertz CT molecular complexity index is 503. The lowest BCUT2D eigenvalue weighted by molar-refractivity contribution is 0.465. The van der Waals surface area contributed by atoms with Gasteiger partial charge in [0.1, 0.15) is 10.8 Å². The minimum atomic E-state index is -0.240. The lowest BCUT2D eigenvalue weighted by atomic mass is 9.89. The second-order valence-corrected chi connectivity index (χ2v) is 5.28. The van der Waals surface area contributed by atoms with E-state index in [1.165, 1.54) is 12.1 Å². The molecule has 0 radical (unpaired) electrons. The Kier molecular flexibility index (Phi) is 2.95. The Morgan fingerprint density at radius 1 is 1.50 bits per heavy atom. The van der Waals surface area contributed by atoms with Crippen LogP contribution in [0.4, 0.5) is 4.39 Å². The van der Waals surface area contributed by atoms with Gasteiger partial charge in [0, 0.05) is 18.0 Å². The lowest BCUT2D eigenvalue weighted by Gasteiger charge is -2.23. The zero-order chi connectivity index (χ0) is 11.8. The van der Waals surface area contributed by atoms with Crippen LogP contribution in [0.5, 0.6) is 0 Å². The van der Waals surface area contributed by atoms with Crippen LogP contribution in [0.3, 0.4) is 0 Å². The quantitative estimate of drug-likeness (QED) is 0.892. The smallest absolute Gasteiger partial charge is 0.125 e. The molecule has 0 saturated carbocycles. The van der Waals surface area contributed by atoms with Crippen LogP contribution in [0.25, 0.3) is 10.2 Å². The van der Waals surface area contributed by atoms with Gasteiger partial charge in [-0.1, -0.05) is 13.8 Å². The summed E-state index contributed by atoms with van der Waals surface area (Å²) in [5, 5.41) is 0.998. The Morgan fingerprint density at radius 2 is 2.25 bits per heavy atom. The van der Waals surface area contributed by atoms with Crippen LogP contribution in [0.1, 0.15) is 25.3 Å². The molecule has 2 rings (SSSR count). The number of hydrogen-bond donors (Lipinski definition) is 1. The summed E-state index contributed by atoms with van der Waals surface area (Å²) in [5.41, 5.74) is 6.43. The van der Waals surface area contributed by atoms with Crippen molar-refractivity contribution >= 4 is 21.6 Å². The molecule has 0 aliphatic heterocycles. The molecule has 0 fully saturated rings. The lowest BCUT2D eigenvalue weighted by Crippen LogP contribution is -2.30. The van der Waals surface area contributed by atoms with E-state index in [-0.39, 0.29) is 11.2 Å². The summed E-state index contributed by atoms with van der Waals surface area (Å²) >= 11 is 1.60. The van der Waals surface area contributed by atoms with E-state index in [0.717, 1.165) is 21.6 Å². The fourth-order valence-electron chi connectivity index (χ4n) is 1.54. The summed E-state index contributed by atoms with van der Waals surface area (Å²) in [5.74, 6) is -0.240. The third kappa shape index (κ3) is 1.83. The molecule has 2 aromatic rings. The summed E-state index contributed by atoms with van der Waals surface area (Å²) in [6.45, 7) is 4.76. The number of benzene rings is 1. The largest absolute Gasteiger partial charge is 0.330 e. The number of hydrogen-bond acceptors (Lipinski definition) is 3. The van der Waals surface area contributed by atoms with Crippen LogP contribution in [0, 0.1) is 5.82 Å². The maximum atomic E-state index is 13.0. The normalized spacial score (nSPS) is 15.2. The highest BCUT2D eigenvalue weighted by atomic mass is 32.1. The standard InChI is InChI=1S/C12H15FN2S/c1-3-12(2,7-14)11-15-9-6-8(13)4-5-10(9)16-11/h4-6H,3,7,14H2,1-2H3. The minimum absolute atomic E-state index is 0.0971. The molecule has 1 aromatic heterocycles. The first-order valence-electron chi connectivity index (χ1n) is 5.35. The van der Waals surface area contributed by atoms with Crippen LogP contribution in [-0.4, -0.2) is 11.5 Å². The molecule has 0 aliphatic carbocycles. The number of nitrogens with two attached hydrogens (primary N) is 1. The van der Waals surface area contributed by atoms with Gasteiger partial charge in [0.15, 0.2) is 0 Å². The monoisotopic (exact) mass is 238 g/mol. The average molecular weight is 238 g/mol. The third-order valence-electron chi connectivity index (χ3n) is 3.10. The molecular weight excluding hydrogens is 223 g/mol. The third-order valence-corrected chi connectivity index (χ3v) is 4.44. The van der Waals surface area contributed by atoms with Crippen LogP contribution in [-0.2, 0) is 5.41 Å². The van der Waals surface area contributed by atoms with Crippen LogP contribution in [0.2, 0.25) is 0 Å². The van der Waals surface area contributed by atoms with Crippen molar-refractivity contribution in [3.05, 3.63) is 29.0 Å². The van der Waals surface area contributed by atoms with E-state index in [9.17, 15) is 4.39 Å². The fourth-order valence-corrected chi connectivity index (χ4v) is 2.71. The van der Waals surface area contributed by atoms with Gasteiger partial charge >= 0.3 is 0 Å². The molecule has 1 unspecified atom stereocenters. The number of aromatic nitrogens is 1. The highest BCUT2D eigenvalue weighted by Gasteiger charge is 2.26. The Labute approximate surface area is 98.3 Å². The topological polar surface area (TPSA) is 38.9 Å². The van der Waals surface area contributed by atoms with E-state index in [4.69, 9.17) is 5.73 Å². The molecule has 0 bridgehead atoms. The molecule has 1 aromatic carbocycles. The second kappa shape index (κ2) is 4.11. The van der Waals surface area contributed by atoms with Crippen molar-refractivity contribution in [1.29, 1.82) is 0 Å². The molecule has 1 heterocycles. The Balaban J connectivity index is 2.54. The Morgan fingerprint density at radius 3 is 2.88 bits per heavy atom. The van der Waals surface area contributed by atoms with Gasteiger partial charge in [-0.05, 0) is 18.6 Å². The summed E-state index contributed by atoms with van der Waals surface area (Å²) in [6.07, 6.45) is 0.936. The molecule has 0 aliphatic rings. The SMILES string of the molecule is CCC(C)(CN)c1nc2cc(F)ccc2s1. The van der Waals surface area contributed by atoms with Crippen molar-refractivity contribution in [2.24, 2.45) is 5.73 Å². The summed E-state index contributed by atoms with van der Waals surface area (Å²) < 4.78 is 14.1. The summed E-state index contributed by atoms with van der Waals surface area (Å²) in [4.78, 5) is 4.49. The molecule has 0 amide bonds. The maximum absolute atomic E-state index is 13.0. The van der Waals surface area contributed by atoms with Crippen molar-refractivity contribution in [3.8, 4) is 0 Å². The molecule has 2 N–H and O–H groups in total. The van der Waals surface area contributed by atoms with Gasteiger partial charge in [-0.15, -0.1) is 11.3 Å². The average Bonchev–Trinajstić information content (AvgIpc) is 2.71. The highest BCUT2D eigenvalue weighted by Crippen LogP contribution is 2.33. The van der Waals surface area contributed by atoms with Gasteiger partial charge in [0.2, 0.25) is 0 Å². The predicted octanol–water partition coefficient (Wildman–Crippen LogP) is 3.06. The molecule has 2 nitrogen and oxygen atoms in total. The van der Waals surface area contributed by atoms with Gasteiger partial charge in [0.05, 0.1) is 10.2 Å². The van der Waals surface area contributed by atoms with Crippen molar-refractivity contribution in [3.63, 3.8) is 0 Å². The number of thiazole rings is 1. The van der Waals surface area contributed by atoms with Crippen LogP contribution < -0.4 is 5.73 Å². The van der Waals surface area contributed by atoms with Crippen LogP contribution >= 0.6 is 11.3 Å². The van der Waals surface area contributed by atoms with E-state index in [1.54, 1.807) is 17.4 Å². The zero-order valence-electron chi connectivity index (χ0n) is 9.46.